The van der Waals surface area contributed by atoms with Gasteiger partial charge in [0.05, 0.1) is 7.11 Å². The summed E-state index contributed by atoms with van der Waals surface area (Å²) >= 11 is 3.44. The van der Waals surface area contributed by atoms with Gasteiger partial charge in [-0.2, -0.15) is 0 Å². The highest BCUT2D eigenvalue weighted by Gasteiger charge is 2.07. The second-order valence-electron chi connectivity index (χ2n) is 6.07. The molecule has 0 atom stereocenters. The predicted octanol–water partition coefficient (Wildman–Crippen LogP) is 5.96. The third-order valence-electron chi connectivity index (χ3n) is 4.16. The molecule has 0 amide bonds. The number of hydrogen-bond acceptors (Lipinski definition) is 3. The van der Waals surface area contributed by atoms with Gasteiger partial charge >= 0.3 is 0 Å². The second-order valence-corrected chi connectivity index (χ2v) is 6.98. The molecule has 0 aliphatic rings. The Bertz CT molecular complexity index is 862. The molecule has 3 aromatic carbocycles. The highest BCUT2D eigenvalue weighted by molar-refractivity contribution is 9.10. The molecule has 0 radical (unpaired) electrons. The maximum absolute atomic E-state index is 5.93. The summed E-state index contributed by atoms with van der Waals surface area (Å²) in [5.74, 6) is 1.49. The zero-order valence-corrected chi connectivity index (χ0v) is 16.5. The Labute approximate surface area is 163 Å². The third-order valence-corrected chi connectivity index (χ3v) is 4.69. The number of hydrogen-bond donors (Lipinski definition) is 1. The largest absolute Gasteiger partial charge is 0.493 e. The summed E-state index contributed by atoms with van der Waals surface area (Å²) in [7, 11) is 1.67. The molecular formula is C22H22BrNO2. The van der Waals surface area contributed by atoms with E-state index >= 15 is 0 Å². The van der Waals surface area contributed by atoms with Crippen molar-refractivity contribution < 1.29 is 9.47 Å². The number of para-hydroxylation sites is 1. The molecule has 3 nitrogen and oxygen atoms in total. The molecule has 1 N–H and O–H groups in total. The summed E-state index contributed by atoms with van der Waals surface area (Å²) in [6.45, 7) is 3.33. The molecule has 0 aromatic heterocycles. The van der Waals surface area contributed by atoms with Crippen LogP contribution < -0.4 is 14.8 Å². The van der Waals surface area contributed by atoms with E-state index in [0.29, 0.717) is 6.61 Å². The van der Waals surface area contributed by atoms with Crippen molar-refractivity contribution in [2.24, 2.45) is 0 Å². The van der Waals surface area contributed by atoms with Gasteiger partial charge in [0.15, 0.2) is 11.5 Å². The Morgan fingerprint density at radius 3 is 2.35 bits per heavy atom. The van der Waals surface area contributed by atoms with E-state index in [1.54, 1.807) is 7.11 Å². The summed E-state index contributed by atoms with van der Waals surface area (Å²) in [5.41, 5.74) is 4.62. The van der Waals surface area contributed by atoms with Crippen LogP contribution in [0.3, 0.4) is 0 Å². The van der Waals surface area contributed by atoms with Crippen LogP contribution in [-0.4, -0.2) is 7.11 Å². The maximum Gasteiger partial charge on any atom is 0.161 e. The average molecular weight is 412 g/mol. The molecule has 0 heterocycles. The van der Waals surface area contributed by atoms with Crippen molar-refractivity contribution in [1.82, 2.24) is 0 Å². The van der Waals surface area contributed by atoms with Crippen LogP contribution in [0.5, 0.6) is 11.5 Å². The number of nitrogens with one attached hydrogen (secondary N) is 1. The van der Waals surface area contributed by atoms with Crippen LogP contribution in [0.15, 0.2) is 71.2 Å². The monoisotopic (exact) mass is 411 g/mol. The molecule has 0 aliphatic carbocycles. The first-order valence-corrected chi connectivity index (χ1v) is 9.28. The van der Waals surface area contributed by atoms with E-state index in [1.165, 1.54) is 5.56 Å². The molecule has 0 aliphatic heterocycles. The van der Waals surface area contributed by atoms with Crippen LogP contribution in [-0.2, 0) is 13.2 Å². The highest BCUT2D eigenvalue weighted by Crippen LogP contribution is 2.29. The minimum absolute atomic E-state index is 0.504. The fourth-order valence-corrected chi connectivity index (χ4v) is 2.92. The second kappa shape index (κ2) is 8.77. The standard InChI is InChI=1S/C22H22BrNO2/c1-16-5-3-4-6-20(16)24-14-18-9-12-21(22(13-18)25-2)26-15-17-7-10-19(23)11-8-17/h3-13,24H,14-15H2,1-2H3. The van der Waals surface area contributed by atoms with Crippen LogP contribution in [0.2, 0.25) is 0 Å². The van der Waals surface area contributed by atoms with Gasteiger partial charge in [0, 0.05) is 16.7 Å². The Kier molecular flexibility index (Phi) is 6.18. The number of methoxy groups -OCH3 is 1. The van der Waals surface area contributed by atoms with Crippen LogP contribution >= 0.6 is 15.9 Å². The van der Waals surface area contributed by atoms with Crippen molar-refractivity contribution in [2.45, 2.75) is 20.1 Å². The van der Waals surface area contributed by atoms with Gasteiger partial charge in [0.25, 0.3) is 0 Å². The Balaban J connectivity index is 1.65. The first kappa shape index (κ1) is 18.3. The SMILES string of the molecule is COc1cc(CNc2ccccc2C)ccc1OCc1ccc(Br)cc1. The van der Waals surface area contributed by atoms with Crippen LogP contribution in [0.4, 0.5) is 5.69 Å². The molecule has 3 rings (SSSR count). The molecule has 3 aromatic rings. The first-order chi connectivity index (χ1) is 12.7. The lowest BCUT2D eigenvalue weighted by Crippen LogP contribution is -2.02. The summed E-state index contributed by atoms with van der Waals surface area (Å²) < 4.78 is 12.5. The fraction of sp³-hybridized carbons (Fsp3) is 0.182. The number of halogens is 1. The van der Waals surface area contributed by atoms with Gasteiger partial charge in [-0.3, -0.25) is 0 Å². The normalized spacial score (nSPS) is 10.4. The molecular weight excluding hydrogens is 390 g/mol. The lowest BCUT2D eigenvalue weighted by Gasteiger charge is -2.14. The minimum Gasteiger partial charge on any atom is -0.493 e. The van der Waals surface area contributed by atoms with Gasteiger partial charge in [-0.1, -0.05) is 52.3 Å². The molecule has 0 saturated heterocycles. The number of anilines is 1. The van der Waals surface area contributed by atoms with Gasteiger partial charge in [-0.15, -0.1) is 0 Å². The Hall–Kier alpha value is -2.46. The zero-order chi connectivity index (χ0) is 18.4. The molecule has 0 fully saturated rings. The summed E-state index contributed by atoms with van der Waals surface area (Å²) in [5, 5.41) is 3.46. The van der Waals surface area contributed by atoms with E-state index in [9.17, 15) is 0 Å². The minimum atomic E-state index is 0.504. The molecule has 0 unspecified atom stereocenters. The Morgan fingerprint density at radius 2 is 1.62 bits per heavy atom. The lowest BCUT2D eigenvalue weighted by atomic mass is 10.1. The molecule has 0 spiro atoms. The summed E-state index contributed by atoms with van der Waals surface area (Å²) in [6.07, 6.45) is 0. The topological polar surface area (TPSA) is 30.5 Å². The number of aryl methyl sites for hydroxylation is 1. The van der Waals surface area contributed by atoms with Crippen LogP contribution in [0.25, 0.3) is 0 Å². The van der Waals surface area contributed by atoms with Crippen molar-refractivity contribution in [3.05, 3.63) is 87.9 Å². The van der Waals surface area contributed by atoms with E-state index in [4.69, 9.17) is 9.47 Å². The summed E-state index contributed by atoms with van der Waals surface area (Å²) in [6, 6.07) is 22.4. The van der Waals surface area contributed by atoms with Crippen molar-refractivity contribution >= 4 is 21.6 Å². The van der Waals surface area contributed by atoms with Gasteiger partial charge in [0.2, 0.25) is 0 Å². The van der Waals surface area contributed by atoms with Crippen molar-refractivity contribution in [2.75, 3.05) is 12.4 Å². The quantitative estimate of drug-likeness (QED) is 0.520. The van der Waals surface area contributed by atoms with Gasteiger partial charge < -0.3 is 14.8 Å². The van der Waals surface area contributed by atoms with E-state index in [-0.39, 0.29) is 0 Å². The van der Waals surface area contributed by atoms with Crippen molar-refractivity contribution in [3.8, 4) is 11.5 Å². The lowest BCUT2D eigenvalue weighted by molar-refractivity contribution is 0.284. The molecule has 0 saturated carbocycles. The van der Waals surface area contributed by atoms with E-state index < -0.39 is 0 Å². The van der Waals surface area contributed by atoms with Gasteiger partial charge in [-0.25, -0.2) is 0 Å². The first-order valence-electron chi connectivity index (χ1n) is 8.49. The summed E-state index contributed by atoms with van der Waals surface area (Å²) in [4.78, 5) is 0. The van der Waals surface area contributed by atoms with Crippen molar-refractivity contribution in [1.29, 1.82) is 0 Å². The third kappa shape index (κ3) is 4.79. The van der Waals surface area contributed by atoms with E-state index in [0.717, 1.165) is 39.3 Å². The zero-order valence-electron chi connectivity index (χ0n) is 15.0. The molecule has 26 heavy (non-hydrogen) atoms. The molecule has 134 valence electrons. The predicted molar refractivity (Wildman–Crippen MR) is 110 cm³/mol. The van der Waals surface area contributed by atoms with E-state index in [2.05, 4.69) is 46.4 Å². The fourth-order valence-electron chi connectivity index (χ4n) is 2.65. The van der Waals surface area contributed by atoms with Gasteiger partial charge in [0.1, 0.15) is 6.61 Å². The average Bonchev–Trinajstić information content (AvgIpc) is 2.67. The molecule has 0 bridgehead atoms. The number of rotatable bonds is 7. The Morgan fingerprint density at radius 1 is 0.885 bits per heavy atom. The van der Waals surface area contributed by atoms with Crippen LogP contribution in [0.1, 0.15) is 16.7 Å². The van der Waals surface area contributed by atoms with Crippen LogP contribution in [0, 0.1) is 6.92 Å². The smallest absolute Gasteiger partial charge is 0.161 e. The van der Waals surface area contributed by atoms with Gasteiger partial charge in [-0.05, 0) is 53.9 Å². The van der Waals surface area contributed by atoms with Crippen molar-refractivity contribution in [3.63, 3.8) is 0 Å². The highest BCUT2D eigenvalue weighted by atomic mass is 79.9. The maximum atomic E-state index is 5.93. The number of ether oxygens (including phenoxy) is 2. The number of benzene rings is 3. The molecule has 4 heteroatoms. The van der Waals surface area contributed by atoms with E-state index in [1.807, 2.05) is 48.5 Å².